The molecule has 3 aromatic heterocycles. The van der Waals surface area contributed by atoms with E-state index < -0.39 is 22.2 Å². The molecule has 3 heterocycles. The van der Waals surface area contributed by atoms with Gasteiger partial charge in [0.15, 0.2) is 12.4 Å². The van der Waals surface area contributed by atoms with Crippen molar-refractivity contribution in [1.82, 2.24) is 9.13 Å². The number of fused-ring (bicyclic) bond motifs is 2. The zero-order valence-electron chi connectivity index (χ0n) is 30.1. The van der Waals surface area contributed by atoms with Gasteiger partial charge in [0.05, 0.1) is 22.1 Å². The molecule has 0 saturated carbocycles. The van der Waals surface area contributed by atoms with E-state index in [4.69, 9.17) is 0 Å². The third-order valence-corrected chi connectivity index (χ3v) is 9.72. The Morgan fingerprint density at radius 3 is 1.18 bits per heavy atom. The van der Waals surface area contributed by atoms with Gasteiger partial charge >= 0.3 is 0 Å². The van der Waals surface area contributed by atoms with E-state index in [9.17, 15) is 19.2 Å². The monoisotopic (exact) mass is 657 g/mol. The highest BCUT2D eigenvalue weighted by Gasteiger charge is 2.33. The maximum atomic E-state index is 14.8. The molecule has 0 bridgehead atoms. The topological polar surface area (TPSA) is 85.3 Å². The lowest BCUT2D eigenvalue weighted by atomic mass is 9.92. The van der Waals surface area contributed by atoms with E-state index in [0.717, 1.165) is 27.9 Å². The minimum Gasteiger partial charge on any atom is -0.377 e. The van der Waals surface area contributed by atoms with E-state index >= 15 is 0 Å². The molecule has 49 heavy (non-hydrogen) atoms. The fourth-order valence-corrected chi connectivity index (χ4v) is 7.16. The zero-order chi connectivity index (χ0) is 35.6. The van der Waals surface area contributed by atoms with Crippen molar-refractivity contribution in [3.8, 4) is 17.1 Å². The van der Waals surface area contributed by atoms with Gasteiger partial charge in [-0.25, -0.2) is 9.13 Å². The summed E-state index contributed by atoms with van der Waals surface area (Å²) in [7, 11) is 3.85. The fraction of sp³-hybridized carbons (Fsp3) is 0.341. The molecule has 0 aliphatic carbocycles. The molecule has 0 fully saturated rings. The highest BCUT2D eigenvalue weighted by atomic mass is 16.2. The van der Waals surface area contributed by atoms with Gasteiger partial charge in [-0.05, 0) is 52.0 Å². The van der Waals surface area contributed by atoms with Crippen LogP contribution in [0.3, 0.4) is 0 Å². The molecule has 0 spiro atoms. The summed E-state index contributed by atoms with van der Waals surface area (Å²) < 4.78 is 4.23. The Kier molecular flexibility index (Phi) is 8.55. The van der Waals surface area contributed by atoms with Crippen LogP contribution in [0.4, 0.5) is 5.69 Å². The minimum absolute atomic E-state index is 0.0309. The molecule has 6 aromatic rings. The second-order valence-corrected chi connectivity index (χ2v) is 14.5. The Hall–Kier alpha value is -5.11. The molecule has 6 rings (SSSR count). The summed E-state index contributed by atoms with van der Waals surface area (Å²) in [6.45, 7) is 16.3. The van der Waals surface area contributed by atoms with Crippen LogP contribution in [-0.4, -0.2) is 23.2 Å². The number of hydrogen-bond donors (Lipinski definition) is 0. The summed E-state index contributed by atoms with van der Waals surface area (Å²) in [6.07, 6.45) is 3.55. The SMILES string of the molecule is CC(C)c1cccc(C(C)C)c1-n1c(=O)c2cc3c(=O)n(-c4c(C(C)C)cccc4C(C)C)c(=O)c3c(-[n+]3ccc(N(C)C)cc3)c2c1=O. The van der Waals surface area contributed by atoms with E-state index in [1.165, 1.54) is 15.2 Å². The van der Waals surface area contributed by atoms with Crippen LogP contribution in [0.25, 0.3) is 38.6 Å². The van der Waals surface area contributed by atoms with Crippen LogP contribution < -0.4 is 31.7 Å². The van der Waals surface area contributed by atoms with Crippen molar-refractivity contribution >= 4 is 27.2 Å². The third-order valence-electron chi connectivity index (χ3n) is 9.72. The van der Waals surface area contributed by atoms with Crippen molar-refractivity contribution < 1.29 is 4.57 Å². The van der Waals surface area contributed by atoms with E-state index in [1.807, 2.05) is 123 Å². The molecule has 3 aromatic carbocycles. The first kappa shape index (κ1) is 33.8. The molecule has 252 valence electrons. The summed E-state index contributed by atoms with van der Waals surface area (Å²) in [5.41, 5.74) is 3.77. The largest absolute Gasteiger partial charge is 0.377 e. The highest BCUT2D eigenvalue weighted by molar-refractivity contribution is 6.05. The Balaban J connectivity index is 1.85. The first-order valence-electron chi connectivity index (χ1n) is 17.1. The maximum Gasteiger partial charge on any atom is 0.272 e. The Bertz CT molecular complexity index is 2260. The maximum absolute atomic E-state index is 14.8. The molecular weight excluding hydrogens is 612 g/mol. The summed E-state index contributed by atoms with van der Waals surface area (Å²) in [6, 6.07) is 17.0. The van der Waals surface area contributed by atoms with Crippen LogP contribution >= 0.6 is 0 Å². The van der Waals surface area contributed by atoms with Gasteiger partial charge in [-0.2, -0.15) is 4.57 Å². The van der Waals surface area contributed by atoms with Gasteiger partial charge in [0.2, 0.25) is 5.69 Å². The van der Waals surface area contributed by atoms with Crippen molar-refractivity contribution in [1.29, 1.82) is 0 Å². The molecule has 0 saturated heterocycles. The second kappa shape index (κ2) is 12.4. The highest BCUT2D eigenvalue weighted by Crippen LogP contribution is 2.33. The number of rotatable bonds is 8. The third kappa shape index (κ3) is 5.25. The molecule has 0 aliphatic heterocycles. The number of para-hydroxylation sites is 2. The van der Waals surface area contributed by atoms with Gasteiger partial charge < -0.3 is 4.90 Å². The molecule has 0 unspecified atom stereocenters. The number of benzene rings is 3. The predicted molar refractivity (Wildman–Crippen MR) is 200 cm³/mol. The van der Waals surface area contributed by atoms with Crippen LogP contribution in [0, 0.1) is 0 Å². The number of hydrogen-bond acceptors (Lipinski definition) is 5. The molecule has 0 atom stereocenters. The number of anilines is 1. The number of nitrogens with zero attached hydrogens (tertiary/aromatic N) is 4. The molecule has 0 amide bonds. The zero-order valence-corrected chi connectivity index (χ0v) is 30.1. The van der Waals surface area contributed by atoms with Crippen LogP contribution in [-0.2, 0) is 0 Å². The summed E-state index contributed by atoms with van der Waals surface area (Å²) in [5, 5.41) is 0.452. The van der Waals surface area contributed by atoms with Crippen LogP contribution in [0.15, 0.2) is 86.2 Å². The number of aromatic nitrogens is 3. The van der Waals surface area contributed by atoms with Gasteiger partial charge in [-0.1, -0.05) is 91.8 Å². The summed E-state index contributed by atoms with van der Waals surface area (Å²) >= 11 is 0. The van der Waals surface area contributed by atoms with Gasteiger partial charge in [-0.3, -0.25) is 19.2 Å². The summed E-state index contributed by atoms with van der Waals surface area (Å²) in [5.74, 6) is 0.123. The molecule has 0 aliphatic rings. The van der Waals surface area contributed by atoms with Gasteiger partial charge in [0, 0.05) is 31.9 Å². The van der Waals surface area contributed by atoms with E-state index in [2.05, 4.69) is 0 Å². The van der Waals surface area contributed by atoms with E-state index in [-0.39, 0.29) is 50.9 Å². The first-order valence-corrected chi connectivity index (χ1v) is 17.1. The quantitative estimate of drug-likeness (QED) is 0.170. The van der Waals surface area contributed by atoms with Gasteiger partial charge in [0.1, 0.15) is 10.8 Å². The van der Waals surface area contributed by atoms with E-state index in [0.29, 0.717) is 11.4 Å². The van der Waals surface area contributed by atoms with Crippen molar-refractivity contribution in [3.05, 3.63) is 131 Å². The van der Waals surface area contributed by atoms with Crippen LogP contribution in [0.5, 0.6) is 0 Å². The second-order valence-electron chi connectivity index (χ2n) is 14.5. The molecule has 8 nitrogen and oxygen atoms in total. The van der Waals surface area contributed by atoms with Gasteiger partial charge in [0.25, 0.3) is 22.2 Å². The van der Waals surface area contributed by atoms with Crippen molar-refractivity contribution in [2.45, 2.75) is 79.1 Å². The summed E-state index contributed by atoms with van der Waals surface area (Å²) in [4.78, 5) is 60.8. The van der Waals surface area contributed by atoms with Gasteiger partial charge in [-0.15, -0.1) is 0 Å². The van der Waals surface area contributed by atoms with Crippen LogP contribution in [0.2, 0.25) is 0 Å². The number of pyridine rings is 1. The fourth-order valence-electron chi connectivity index (χ4n) is 7.16. The van der Waals surface area contributed by atoms with Crippen molar-refractivity contribution in [3.63, 3.8) is 0 Å². The lowest BCUT2D eigenvalue weighted by Crippen LogP contribution is -2.34. The minimum atomic E-state index is -0.513. The predicted octanol–water partition coefficient (Wildman–Crippen LogP) is 6.73. The Morgan fingerprint density at radius 2 is 0.878 bits per heavy atom. The Morgan fingerprint density at radius 1 is 0.531 bits per heavy atom. The molecule has 0 N–H and O–H groups in total. The van der Waals surface area contributed by atoms with E-state index in [1.54, 1.807) is 17.0 Å². The molecule has 8 heteroatoms. The Labute approximate surface area is 286 Å². The smallest absolute Gasteiger partial charge is 0.272 e. The molecule has 0 radical (unpaired) electrons. The lowest BCUT2D eigenvalue weighted by molar-refractivity contribution is -0.592. The first-order chi connectivity index (χ1) is 23.2. The van der Waals surface area contributed by atoms with Crippen molar-refractivity contribution in [2.24, 2.45) is 0 Å². The lowest BCUT2D eigenvalue weighted by Gasteiger charge is -2.19. The average molecular weight is 658 g/mol. The normalized spacial score (nSPS) is 12.1. The van der Waals surface area contributed by atoms with Crippen LogP contribution in [0.1, 0.15) is 101 Å². The molecular formula is C41H45N4O4+. The standard InChI is InChI=1S/C41H45N4O4/c1-22(2)27-13-11-14-28(23(3)4)35(27)44-38(46)31-21-32-34(37(33(31)40(44)48)43-19-17-26(18-20-43)42(9)10)41(49)45(39(32)47)36-29(24(5)6)15-12-16-30(36)25(7)8/h11-25H,1-10H3/q+1. The average Bonchev–Trinajstić information content (AvgIpc) is 3.46. The van der Waals surface area contributed by atoms with Crippen molar-refractivity contribution in [2.75, 3.05) is 19.0 Å².